The van der Waals surface area contributed by atoms with Gasteiger partial charge in [-0.05, 0) is 59.9 Å². The fraction of sp³-hybridized carbons (Fsp3) is 0.500. The van der Waals surface area contributed by atoms with Gasteiger partial charge in [0.15, 0.2) is 12.2 Å². The van der Waals surface area contributed by atoms with Gasteiger partial charge in [0.1, 0.15) is 12.7 Å². The highest BCUT2D eigenvalue weighted by atomic mass is 16.7. The standard InChI is InChI=1S/C32H38O10/c1-6-22-7-9-23(10-8-22)15-25-16-26(13-14-27(25)24-11-12-24)32(37)31(41-21(5)36)30(40-20(4)35)29(39-19(3)34)28(42-32)17-38-18(2)33/h7-10,13-14,16,24,28-31,37H,6,11-12,15,17H2,1-5H3/t28-,29-,30+,31-,32+/m1/s1. The first-order chi connectivity index (χ1) is 19.9. The number of hydrogen-bond donors (Lipinski definition) is 1. The third-order valence-corrected chi connectivity index (χ3v) is 7.45. The molecule has 10 nitrogen and oxygen atoms in total. The molecule has 1 aliphatic carbocycles. The van der Waals surface area contributed by atoms with Gasteiger partial charge in [0.25, 0.3) is 0 Å². The highest BCUT2D eigenvalue weighted by Gasteiger charge is 2.60. The summed E-state index contributed by atoms with van der Waals surface area (Å²) in [7, 11) is 0. The quantitative estimate of drug-likeness (QED) is 0.327. The lowest BCUT2D eigenvalue weighted by atomic mass is 9.85. The van der Waals surface area contributed by atoms with Crippen LogP contribution in [0.25, 0.3) is 0 Å². The molecule has 0 radical (unpaired) electrons. The first kappa shape index (κ1) is 31.2. The number of esters is 4. The second-order valence-electron chi connectivity index (χ2n) is 10.9. The number of ether oxygens (including phenoxy) is 5. The van der Waals surface area contributed by atoms with Gasteiger partial charge < -0.3 is 28.8 Å². The van der Waals surface area contributed by atoms with Gasteiger partial charge in [-0.1, -0.05) is 43.3 Å². The van der Waals surface area contributed by atoms with E-state index in [1.807, 2.05) is 6.07 Å². The Labute approximate surface area is 245 Å². The van der Waals surface area contributed by atoms with Crippen LogP contribution in [-0.4, -0.2) is 60.0 Å². The van der Waals surface area contributed by atoms with Gasteiger partial charge in [0, 0.05) is 33.3 Å². The van der Waals surface area contributed by atoms with Crippen LogP contribution in [0.2, 0.25) is 0 Å². The van der Waals surface area contributed by atoms with Crippen LogP contribution < -0.4 is 0 Å². The normalized spacial score (nSPS) is 25.3. The Bertz CT molecular complexity index is 1320. The highest BCUT2D eigenvalue weighted by molar-refractivity contribution is 5.69. The van der Waals surface area contributed by atoms with E-state index < -0.39 is 60.7 Å². The molecule has 4 rings (SSSR count). The molecule has 10 heteroatoms. The monoisotopic (exact) mass is 582 g/mol. The molecule has 0 spiro atoms. The minimum absolute atomic E-state index is 0.240. The summed E-state index contributed by atoms with van der Waals surface area (Å²) >= 11 is 0. The summed E-state index contributed by atoms with van der Waals surface area (Å²) < 4.78 is 27.8. The Morgan fingerprint density at radius 2 is 1.43 bits per heavy atom. The van der Waals surface area contributed by atoms with Crippen LogP contribution >= 0.6 is 0 Å². The number of benzene rings is 2. The molecule has 1 aliphatic heterocycles. The molecule has 2 aromatic carbocycles. The van der Waals surface area contributed by atoms with Gasteiger partial charge >= 0.3 is 23.9 Å². The molecule has 5 atom stereocenters. The number of aryl methyl sites for hydroxylation is 1. The summed E-state index contributed by atoms with van der Waals surface area (Å²) in [6.07, 6.45) is -2.12. The molecule has 226 valence electrons. The molecule has 42 heavy (non-hydrogen) atoms. The van der Waals surface area contributed by atoms with Crippen molar-refractivity contribution in [2.75, 3.05) is 6.61 Å². The molecule has 1 saturated carbocycles. The molecule has 2 aliphatic rings. The van der Waals surface area contributed by atoms with E-state index in [0.717, 1.165) is 56.7 Å². The zero-order valence-electron chi connectivity index (χ0n) is 24.6. The predicted octanol–water partition coefficient (Wildman–Crippen LogP) is 3.62. The topological polar surface area (TPSA) is 135 Å². The average Bonchev–Trinajstić information content (AvgIpc) is 3.76. The van der Waals surface area contributed by atoms with Crippen molar-refractivity contribution in [1.82, 2.24) is 0 Å². The Kier molecular flexibility index (Phi) is 9.68. The molecule has 0 unspecified atom stereocenters. The van der Waals surface area contributed by atoms with Crippen LogP contribution in [0.1, 0.15) is 81.2 Å². The van der Waals surface area contributed by atoms with E-state index in [4.69, 9.17) is 23.7 Å². The Morgan fingerprint density at radius 3 is 1.98 bits per heavy atom. The molecule has 2 fully saturated rings. The van der Waals surface area contributed by atoms with Crippen molar-refractivity contribution in [2.45, 2.75) is 96.4 Å². The zero-order chi connectivity index (χ0) is 30.6. The third-order valence-electron chi connectivity index (χ3n) is 7.45. The van der Waals surface area contributed by atoms with E-state index in [-0.39, 0.29) is 5.56 Å². The molecule has 0 aromatic heterocycles. The van der Waals surface area contributed by atoms with Crippen molar-refractivity contribution in [3.63, 3.8) is 0 Å². The van der Waals surface area contributed by atoms with Crippen molar-refractivity contribution in [3.8, 4) is 0 Å². The Balaban J connectivity index is 1.82. The largest absolute Gasteiger partial charge is 0.463 e. The first-order valence-corrected chi connectivity index (χ1v) is 14.2. The summed E-state index contributed by atoms with van der Waals surface area (Å²) in [5, 5.41) is 12.3. The lowest BCUT2D eigenvalue weighted by Crippen LogP contribution is -2.66. The molecular formula is C32H38O10. The molecular weight excluding hydrogens is 544 g/mol. The smallest absolute Gasteiger partial charge is 0.303 e. The average molecular weight is 583 g/mol. The van der Waals surface area contributed by atoms with Crippen molar-refractivity contribution >= 4 is 23.9 Å². The SMILES string of the molecule is CCc1ccc(Cc2cc([C@]3(O)O[C@H](COC(C)=O)[C@@H](OC(C)=O)[C@H](OC(C)=O)[C@H]3OC(C)=O)ccc2C2CC2)cc1. The van der Waals surface area contributed by atoms with Crippen LogP contribution in [0.4, 0.5) is 0 Å². The molecule has 2 aromatic rings. The van der Waals surface area contributed by atoms with E-state index in [0.29, 0.717) is 12.3 Å². The maximum atomic E-state index is 12.3. The van der Waals surface area contributed by atoms with Crippen molar-refractivity contribution < 1.29 is 48.0 Å². The van der Waals surface area contributed by atoms with Crippen molar-refractivity contribution in [3.05, 3.63) is 70.3 Å². The number of rotatable bonds is 10. The van der Waals surface area contributed by atoms with Gasteiger partial charge in [-0.25, -0.2) is 0 Å². The molecule has 1 heterocycles. The van der Waals surface area contributed by atoms with Crippen LogP contribution in [0, 0.1) is 0 Å². The number of carbonyl (C=O) groups is 4. The predicted molar refractivity (Wildman–Crippen MR) is 149 cm³/mol. The van der Waals surface area contributed by atoms with Crippen LogP contribution in [-0.2, 0) is 61.5 Å². The van der Waals surface area contributed by atoms with Gasteiger partial charge in [0.05, 0.1) is 0 Å². The zero-order valence-corrected chi connectivity index (χ0v) is 24.6. The Morgan fingerprint density at radius 1 is 0.833 bits per heavy atom. The van der Waals surface area contributed by atoms with Crippen LogP contribution in [0.5, 0.6) is 0 Å². The third kappa shape index (κ3) is 7.35. The van der Waals surface area contributed by atoms with E-state index in [1.165, 1.54) is 12.5 Å². The second-order valence-corrected chi connectivity index (χ2v) is 10.9. The second kappa shape index (κ2) is 13.0. The van der Waals surface area contributed by atoms with E-state index >= 15 is 0 Å². The summed E-state index contributed by atoms with van der Waals surface area (Å²) in [5.74, 6) is -4.91. The van der Waals surface area contributed by atoms with Crippen LogP contribution in [0.3, 0.4) is 0 Å². The Hall–Kier alpha value is -3.76. The fourth-order valence-electron chi connectivity index (χ4n) is 5.40. The first-order valence-electron chi connectivity index (χ1n) is 14.2. The highest BCUT2D eigenvalue weighted by Crippen LogP contribution is 2.45. The fourth-order valence-corrected chi connectivity index (χ4v) is 5.40. The lowest BCUT2D eigenvalue weighted by molar-refractivity contribution is -0.360. The van der Waals surface area contributed by atoms with Crippen molar-refractivity contribution in [2.24, 2.45) is 0 Å². The summed E-state index contributed by atoms with van der Waals surface area (Å²) in [4.78, 5) is 48.2. The van der Waals surface area contributed by atoms with E-state index in [1.54, 1.807) is 12.1 Å². The molecule has 1 saturated heterocycles. The number of aliphatic hydroxyl groups is 1. The number of hydrogen-bond acceptors (Lipinski definition) is 10. The lowest BCUT2D eigenvalue weighted by Gasteiger charge is -2.48. The molecule has 1 N–H and O–H groups in total. The summed E-state index contributed by atoms with van der Waals surface area (Å²) in [6.45, 7) is 6.27. The summed E-state index contributed by atoms with van der Waals surface area (Å²) in [5.41, 5.74) is 4.65. The van der Waals surface area contributed by atoms with Gasteiger partial charge in [-0.2, -0.15) is 0 Å². The minimum Gasteiger partial charge on any atom is -0.463 e. The molecule has 0 bridgehead atoms. The van der Waals surface area contributed by atoms with Crippen LogP contribution in [0.15, 0.2) is 42.5 Å². The maximum Gasteiger partial charge on any atom is 0.303 e. The molecule has 0 amide bonds. The van der Waals surface area contributed by atoms with Gasteiger partial charge in [0.2, 0.25) is 11.9 Å². The van der Waals surface area contributed by atoms with Gasteiger partial charge in [-0.15, -0.1) is 0 Å². The maximum absolute atomic E-state index is 12.3. The van der Waals surface area contributed by atoms with Crippen molar-refractivity contribution in [1.29, 1.82) is 0 Å². The number of carbonyl (C=O) groups excluding carboxylic acids is 4. The summed E-state index contributed by atoms with van der Waals surface area (Å²) in [6, 6.07) is 13.7. The minimum atomic E-state index is -2.36. The van der Waals surface area contributed by atoms with Gasteiger partial charge in [-0.3, -0.25) is 19.2 Å². The van der Waals surface area contributed by atoms with E-state index in [9.17, 15) is 24.3 Å². The van der Waals surface area contributed by atoms with E-state index in [2.05, 4.69) is 31.2 Å².